The van der Waals surface area contributed by atoms with E-state index in [-0.39, 0.29) is 13.4 Å². The van der Waals surface area contributed by atoms with Gasteiger partial charge in [-0.15, -0.1) is 0 Å². The standard InChI is InChI=1S/C17H13Cl3O5/c1-9(25-14-3-2-11(18)6-12(14)19)17(21)22-7-10-4-13(20)16-15(5-10)23-8-24-16/h2-6,9H,7-8H2,1H3/t9-/m0/s1. The van der Waals surface area contributed by atoms with Gasteiger partial charge >= 0.3 is 5.97 Å². The van der Waals surface area contributed by atoms with Crippen molar-refractivity contribution in [2.45, 2.75) is 19.6 Å². The van der Waals surface area contributed by atoms with Gasteiger partial charge in [0.2, 0.25) is 6.79 Å². The van der Waals surface area contributed by atoms with Crippen molar-refractivity contribution in [2.75, 3.05) is 6.79 Å². The number of halogens is 3. The third-order valence-corrected chi connectivity index (χ3v) is 4.21. The second-order valence-electron chi connectivity index (χ2n) is 5.25. The molecule has 0 unspecified atom stereocenters. The first-order valence-electron chi connectivity index (χ1n) is 7.30. The molecule has 0 aliphatic carbocycles. The SMILES string of the molecule is C[C@H](Oc1ccc(Cl)cc1Cl)C(=O)OCc1cc(Cl)c2c(c1)OCO2. The van der Waals surface area contributed by atoms with Crippen molar-refractivity contribution in [3.8, 4) is 17.2 Å². The van der Waals surface area contributed by atoms with Gasteiger partial charge in [0.1, 0.15) is 12.4 Å². The Balaban J connectivity index is 1.59. The quantitative estimate of drug-likeness (QED) is 0.666. The maximum Gasteiger partial charge on any atom is 0.347 e. The first kappa shape index (κ1) is 18.0. The molecule has 8 heteroatoms. The summed E-state index contributed by atoms with van der Waals surface area (Å²) in [6.07, 6.45) is -0.844. The van der Waals surface area contributed by atoms with Gasteiger partial charge in [-0.25, -0.2) is 4.79 Å². The molecule has 0 saturated heterocycles. The van der Waals surface area contributed by atoms with Crippen molar-refractivity contribution >= 4 is 40.8 Å². The molecule has 1 aliphatic heterocycles. The number of ether oxygens (including phenoxy) is 4. The highest BCUT2D eigenvalue weighted by Crippen LogP contribution is 2.40. The monoisotopic (exact) mass is 402 g/mol. The van der Waals surface area contributed by atoms with E-state index in [2.05, 4.69) is 0 Å². The third-order valence-electron chi connectivity index (χ3n) is 3.40. The summed E-state index contributed by atoms with van der Waals surface area (Å²) in [6.45, 7) is 1.71. The summed E-state index contributed by atoms with van der Waals surface area (Å²) < 4.78 is 21.3. The van der Waals surface area contributed by atoms with Crippen molar-refractivity contribution in [3.63, 3.8) is 0 Å². The summed E-state index contributed by atoms with van der Waals surface area (Å²) in [5, 5.41) is 1.19. The summed E-state index contributed by atoms with van der Waals surface area (Å²) in [5.74, 6) is 0.822. The molecule has 0 fully saturated rings. The number of carbonyl (C=O) groups is 1. The van der Waals surface area contributed by atoms with Gasteiger partial charge in [-0.3, -0.25) is 0 Å². The van der Waals surface area contributed by atoms with Gasteiger partial charge in [0.15, 0.2) is 17.6 Å². The predicted molar refractivity (Wildman–Crippen MR) is 93.9 cm³/mol. The number of carbonyl (C=O) groups excluding carboxylic acids is 1. The van der Waals surface area contributed by atoms with Crippen LogP contribution in [0.15, 0.2) is 30.3 Å². The van der Waals surface area contributed by atoms with E-state index in [4.69, 9.17) is 53.8 Å². The molecule has 0 radical (unpaired) electrons. The predicted octanol–water partition coefficient (Wildman–Crippen LogP) is 4.89. The van der Waals surface area contributed by atoms with Crippen LogP contribution < -0.4 is 14.2 Å². The minimum atomic E-state index is -0.844. The Kier molecular flexibility index (Phi) is 5.47. The number of fused-ring (bicyclic) bond motifs is 1. The molecule has 0 saturated carbocycles. The highest BCUT2D eigenvalue weighted by Gasteiger charge is 2.21. The average Bonchev–Trinajstić information content (AvgIpc) is 3.04. The molecule has 2 aromatic carbocycles. The number of rotatable bonds is 5. The number of hydrogen-bond acceptors (Lipinski definition) is 5. The normalized spacial score (nSPS) is 13.4. The Bertz CT molecular complexity index is 809. The van der Waals surface area contributed by atoms with E-state index in [1.54, 1.807) is 31.2 Å². The smallest absolute Gasteiger partial charge is 0.347 e. The fourth-order valence-electron chi connectivity index (χ4n) is 2.19. The minimum Gasteiger partial charge on any atom is -0.477 e. The molecule has 0 bridgehead atoms. The van der Waals surface area contributed by atoms with Crippen LogP contribution in [0, 0.1) is 0 Å². The second-order valence-corrected chi connectivity index (χ2v) is 6.50. The van der Waals surface area contributed by atoms with E-state index in [1.165, 1.54) is 6.07 Å². The average molecular weight is 404 g/mol. The van der Waals surface area contributed by atoms with Crippen molar-refractivity contribution in [2.24, 2.45) is 0 Å². The van der Waals surface area contributed by atoms with E-state index < -0.39 is 12.1 Å². The van der Waals surface area contributed by atoms with Crippen molar-refractivity contribution < 1.29 is 23.7 Å². The number of hydrogen-bond donors (Lipinski definition) is 0. The molecule has 5 nitrogen and oxygen atoms in total. The first-order chi connectivity index (χ1) is 11.9. The second kappa shape index (κ2) is 7.60. The minimum absolute atomic E-state index is 0.0250. The van der Waals surface area contributed by atoms with Crippen LogP contribution in [0.5, 0.6) is 17.2 Å². The Hall–Kier alpha value is -1.82. The maximum absolute atomic E-state index is 12.1. The van der Waals surface area contributed by atoms with E-state index in [0.717, 1.165) is 0 Å². The lowest BCUT2D eigenvalue weighted by atomic mass is 10.2. The van der Waals surface area contributed by atoms with Crippen molar-refractivity contribution in [3.05, 3.63) is 51.0 Å². The molecule has 0 spiro atoms. The highest BCUT2D eigenvalue weighted by atomic mass is 35.5. The lowest BCUT2D eigenvalue weighted by molar-refractivity contribution is -0.152. The van der Waals surface area contributed by atoms with Crippen LogP contribution in [0.4, 0.5) is 0 Å². The Morgan fingerprint density at radius 3 is 2.72 bits per heavy atom. The summed E-state index contributed by atoms with van der Waals surface area (Å²) in [5.41, 5.74) is 0.680. The molecule has 132 valence electrons. The van der Waals surface area contributed by atoms with Crippen LogP contribution in [0.2, 0.25) is 15.1 Å². The summed E-state index contributed by atoms with van der Waals surface area (Å²) in [6, 6.07) is 8.11. The molecular formula is C17H13Cl3O5. The van der Waals surface area contributed by atoms with Crippen LogP contribution in [-0.4, -0.2) is 18.9 Å². The summed E-state index contributed by atoms with van der Waals surface area (Å²) in [4.78, 5) is 12.1. The van der Waals surface area contributed by atoms with Gasteiger partial charge in [-0.2, -0.15) is 0 Å². The molecule has 1 aliphatic rings. The summed E-state index contributed by atoms with van der Waals surface area (Å²) >= 11 is 17.9. The molecule has 1 atom stereocenters. The lowest BCUT2D eigenvalue weighted by Gasteiger charge is -2.15. The van der Waals surface area contributed by atoms with E-state index >= 15 is 0 Å². The molecular weight excluding hydrogens is 391 g/mol. The van der Waals surface area contributed by atoms with Crippen LogP contribution in [0.25, 0.3) is 0 Å². The molecule has 0 N–H and O–H groups in total. The Morgan fingerprint density at radius 1 is 1.16 bits per heavy atom. The van der Waals surface area contributed by atoms with Crippen LogP contribution >= 0.6 is 34.8 Å². The summed E-state index contributed by atoms with van der Waals surface area (Å²) in [7, 11) is 0. The fourth-order valence-corrected chi connectivity index (χ4v) is 2.93. The van der Waals surface area contributed by atoms with Crippen LogP contribution in [0.3, 0.4) is 0 Å². The topological polar surface area (TPSA) is 54.0 Å². The van der Waals surface area contributed by atoms with Crippen molar-refractivity contribution in [1.29, 1.82) is 0 Å². The molecule has 0 amide bonds. The maximum atomic E-state index is 12.1. The highest BCUT2D eigenvalue weighted by molar-refractivity contribution is 6.35. The molecule has 3 rings (SSSR count). The Labute approximate surface area is 159 Å². The van der Waals surface area contributed by atoms with Crippen molar-refractivity contribution in [1.82, 2.24) is 0 Å². The zero-order chi connectivity index (χ0) is 18.0. The van der Waals surface area contributed by atoms with Crippen LogP contribution in [-0.2, 0) is 16.1 Å². The van der Waals surface area contributed by atoms with Crippen LogP contribution in [0.1, 0.15) is 12.5 Å². The van der Waals surface area contributed by atoms with Gasteiger partial charge in [0, 0.05) is 5.02 Å². The van der Waals surface area contributed by atoms with E-state index in [1.807, 2.05) is 0 Å². The largest absolute Gasteiger partial charge is 0.477 e. The van der Waals surface area contributed by atoms with E-state index in [9.17, 15) is 4.79 Å². The number of esters is 1. The molecule has 1 heterocycles. The number of benzene rings is 2. The van der Waals surface area contributed by atoms with E-state index in [0.29, 0.717) is 37.9 Å². The zero-order valence-corrected chi connectivity index (χ0v) is 15.3. The Morgan fingerprint density at radius 2 is 1.96 bits per heavy atom. The third kappa shape index (κ3) is 4.24. The lowest BCUT2D eigenvalue weighted by Crippen LogP contribution is -2.26. The molecule has 0 aromatic heterocycles. The fraction of sp³-hybridized carbons (Fsp3) is 0.235. The first-order valence-corrected chi connectivity index (χ1v) is 8.44. The van der Waals surface area contributed by atoms with Gasteiger partial charge in [0.25, 0.3) is 0 Å². The van der Waals surface area contributed by atoms with Gasteiger partial charge < -0.3 is 18.9 Å². The molecule has 2 aromatic rings. The van der Waals surface area contributed by atoms with Gasteiger partial charge in [-0.05, 0) is 42.8 Å². The van der Waals surface area contributed by atoms with Gasteiger partial charge in [-0.1, -0.05) is 34.8 Å². The van der Waals surface area contributed by atoms with Gasteiger partial charge in [0.05, 0.1) is 10.0 Å². The molecule has 25 heavy (non-hydrogen) atoms. The zero-order valence-electron chi connectivity index (χ0n) is 13.1.